The van der Waals surface area contributed by atoms with E-state index >= 15 is 0 Å². The first-order valence-electron chi connectivity index (χ1n) is 6.45. The largest absolute Gasteiger partial charge is 0.396 e. The van der Waals surface area contributed by atoms with E-state index in [1.165, 1.54) is 6.07 Å². The lowest BCUT2D eigenvalue weighted by molar-refractivity contribution is 0.620. The second-order valence-corrected chi connectivity index (χ2v) is 5.00. The van der Waals surface area contributed by atoms with E-state index in [2.05, 4.69) is 28.4 Å². The number of imidazole rings is 1. The van der Waals surface area contributed by atoms with Crippen LogP contribution in [0.2, 0.25) is 0 Å². The van der Waals surface area contributed by atoms with Gasteiger partial charge in [0, 0.05) is 17.8 Å². The van der Waals surface area contributed by atoms with Crippen LogP contribution in [-0.2, 0) is 0 Å². The molecular formula is C15H15FN4. The molecule has 4 nitrogen and oxygen atoms in total. The molecule has 0 unspecified atom stereocenters. The Morgan fingerprint density at radius 1 is 1.25 bits per heavy atom. The Morgan fingerprint density at radius 3 is 2.75 bits per heavy atom. The van der Waals surface area contributed by atoms with Gasteiger partial charge >= 0.3 is 0 Å². The van der Waals surface area contributed by atoms with Crippen LogP contribution in [0.5, 0.6) is 0 Å². The summed E-state index contributed by atoms with van der Waals surface area (Å²) < 4.78 is 15.8. The Balaban J connectivity index is 2.29. The zero-order valence-corrected chi connectivity index (χ0v) is 11.3. The van der Waals surface area contributed by atoms with Gasteiger partial charge in [0.25, 0.3) is 0 Å². The zero-order chi connectivity index (χ0) is 14.3. The molecule has 0 fully saturated rings. The summed E-state index contributed by atoms with van der Waals surface area (Å²) in [5.74, 6) is 0.296. The van der Waals surface area contributed by atoms with Gasteiger partial charge in [-0.1, -0.05) is 0 Å². The van der Waals surface area contributed by atoms with Gasteiger partial charge in [-0.05, 0) is 38.1 Å². The molecule has 0 radical (unpaired) electrons. The monoisotopic (exact) mass is 270 g/mol. The Bertz CT molecular complexity index is 777. The molecule has 20 heavy (non-hydrogen) atoms. The number of hydrogen-bond acceptors (Lipinski definition) is 3. The molecule has 0 amide bonds. The molecule has 3 rings (SSSR count). The number of fused-ring (bicyclic) bond motifs is 1. The molecule has 0 saturated carbocycles. The first kappa shape index (κ1) is 12.6. The van der Waals surface area contributed by atoms with Gasteiger partial charge in [-0.15, -0.1) is 0 Å². The maximum absolute atomic E-state index is 13.7. The number of nitrogen functional groups attached to an aromatic ring is 1. The van der Waals surface area contributed by atoms with E-state index < -0.39 is 5.82 Å². The fraction of sp³-hybridized carbons (Fsp3) is 0.200. The van der Waals surface area contributed by atoms with Gasteiger partial charge in [-0.25, -0.2) is 9.37 Å². The summed E-state index contributed by atoms with van der Waals surface area (Å²) >= 11 is 0. The van der Waals surface area contributed by atoms with Crippen molar-refractivity contribution in [3.63, 3.8) is 0 Å². The molecule has 1 aromatic carbocycles. The van der Waals surface area contributed by atoms with Crippen molar-refractivity contribution in [3.05, 3.63) is 42.5 Å². The van der Waals surface area contributed by atoms with E-state index in [0.29, 0.717) is 5.56 Å². The molecular weight excluding hydrogens is 255 g/mol. The van der Waals surface area contributed by atoms with E-state index in [-0.39, 0.29) is 11.7 Å². The standard InChI is InChI=1S/C15H15FN4/c1-9(2)20-14-5-6-18-8-13(14)19-15(20)10-3-4-12(17)11(16)7-10/h3-9H,17H2,1-2H3. The lowest BCUT2D eigenvalue weighted by Crippen LogP contribution is -2.03. The number of rotatable bonds is 2. The topological polar surface area (TPSA) is 56.7 Å². The molecule has 0 aliphatic carbocycles. The summed E-state index contributed by atoms with van der Waals surface area (Å²) in [6.45, 7) is 4.14. The van der Waals surface area contributed by atoms with Crippen LogP contribution in [0.3, 0.4) is 0 Å². The number of nitrogens with two attached hydrogens (primary N) is 1. The lowest BCUT2D eigenvalue weighted by atomic mass is 10.2. The fourth-order valence-electron chi connectivity index (χ4n) is 2.34. The Kier molecular flexibility index (Phi) is 2.89. The summed E-state index contributed by atoms with van der Waals surface area (Å²) in [7, 11) is 0. The van der Waals surface area contributed by atoms with E-state index in [1.54, 1.807) is 24.5 Å². The van der Waals surface area contributed by atoms with Gasteiger partial charge in [0.2, 0.25) is 0 Å². The quantitative estimate of drug-likeness (QED) is 0.726. The maximum atomic E-state index is 13.7. The summed E-state index contributed by atoms with van der Waals surface area (Å²) in [6.07, 6.45) is 3.45. The third-order valence-electron chi connectivity index (χ3n) is 3.27. The van der Waals surface area contributed by atoms with Crippen LogP contribution in [-0.4, -0.2) is 14.5 Å². The maximum Gasteiger partial charge on any atom is 0.146 e. The number of anilines is 1. The van der Waals surface area contributed by atoms with Crippen molar-refractivity contribution < 1.29 is 4.39 Å². The van der Waals surface area contributed by atoms with Crippen LogP contribution in [0.25, 0.3) is 22.4 Å². The lowest BCUT2D eigenvalue weighted by Gasteiger charge is -2.13. The van der Waals surface area contributed by atoms with Crippen molar-refractivity contribution in [2.75, 3.05) is 5.73 Å². The number of hydrogen-bond donors (Lipinski definition) is 1. The highest BCUT2D eigenvalue weighted by molar-refractivity contribution is 5.80. The third kappa shape index (κ3) is 1.91. The molecule has 2 N–H and O–H groups in total. The molecule has 0 atom stereocenters. The van der Waals surface area contributed by atoms with Gasteiger partial charge in [-0.3, -0.25) is 4.98 Å². The molecule has 3 aromatic rings. The average molecular weight is 270 g/mol. The number of benzene rings is 1. The molecule has 0 aliphatic heterocycles. The smallest absolute Gasteiger partial charge is 0.146 e. The van der Waals surface area contributed by atoms with Crippen molar-refractivity contribution in [1.29, 1.82) is 0 Å². The Labute approximate surface area is 116 Å². The Hall–Kier alpha value is -2.43. The number of nitrogens with zero attached hydrogens (tertiary/aromatic N) is 3. The zero-order valence-electron chi connectivity index (χ0n) is 11.3. The first-order chi connectivity index (χ1) is 9.58. The molecule has 2 aromatic heterocycles. The molecule has 0 saturated heterocycles. The minimum Gasteiger partial charge on any atom is -0.396 e. The second-order valence-electron chi connectivity index (χ2n) is 5.00. The van der Waals surface area contributed by atoms with Crippen molar-refractivity contribution >= 4 is 16.7 Å². The highest BCUT2D eigenvalue weighted by Crippen LogP contribution is 2.29. The second kappa shape index (κ2) is 4.59. The average Bonchev–Trinajstić information content (AvgIpc) is 2.81. The van der Waals surface area contributed by atoms with E-state index in [1.807, 2.05) is 6.07 Å². The van der Waals surface area contributed by atoms with Crippen LogP contribution in [0.15, 0.2) is 36.7 Å². The fourth-order valence-corrected chi connectivity index (χ4v) is 2.34. The minimum absolute atomic E-state index is 0.141. The van der Waals surface area contributed by atoms with Crippen molar-refractivity contribution in [3.8, 4) is 11.4 Å². The minimum atomic E-state index is -0.428. The summed E-state index contributed by atoms with van der Waals surface area (Å²) in [4.78, 5) is 8.65. The molecule has 2 heterocycles. The van der Waals surface area contributed by atoms with Gasteiger partial charge in [0.1, 0.15) is 17.2 Å². The molecule has 0 aliphatic rings. The predicted octanol–water partition coefficient (Wildman–Crippen LogP) is 3.40. The number of aromatic nitrogens is 3. The van der Waals surface area contributed by atoms with Crippen LogP contribution in [0.1, 0.15) is 19.9 Å². The summed E-state index contributed by atoms with van der Waals surface area (Å²) in [5, 5.41) is 0. The SMILES string of the molecule is CC(C)n1c(-c2ccc(N)c(F)c2)nc2cnccc21. The highest BCUT2D eigenvalue weighted by atomic mass is 19.1. The van der Waals surface area contributed by atoms with E-state index in [9.17, 15) is 4.39 Å². The van der Waals surface area contributed by atoms with Crippen molar-refractivity contribution in [2.24, 2.45) is 0 Å². The highest BCUT2D eigenvalue weighted by Gasteiger charge is 2.15. The van der Waals surface area contributed by atoms with Gasteiger partial charge in [-0.2, -0.15) is 0 Å². The number of halogens is 1. The van der Waals surface area contributed by atoms with Gasteiger partial charge < -0.3 is 10.3 Å². The van der Waals surface area contributed by atoms with Crippen LogP contribution in [0, 0.1) is 5.82 Å². The van der Waals surface area contributed by atoms with Gasteiger partial charge in [0.05, 0.1) is 17.4 Å². The molecule has 102 valence electrons. The van der Waals surface area contributed by atoms with Crippen LogP contribution < -0.4 is 5.73 Å². The molecule has 5 heteroatoms. The normalized spacial score (nSPS) is 11.4. The van der Waals surface area contributed by atoms with Crippen LogP contribution in [0.4, 0.5) is 10.1 Å². The van der Waals surface area contributed by atoms with Crippen LogP contribution >= 0.6 is 0 Å². The van der Waals surface area contributed by atoms with Gasteiger partial charge in [0.15, 0.2) is 0 Å². The molecule has 0 spiro atoms. The third-order valence-corrected chi connectivity index (χ3v) is 3.27. The summed E-state index contributed by atoms with van der Waals surface area (Å²) in [5.41, 5.74) is 8.17. The van der Waals surface area contributed by atoms with Crippen molar-refractivity contribution in [2.45, 2.75) is 19.9 Å². The molecule has 0 bridgehead atoms. The Morgan fingerprint density at radius 2 is 2.05 bits per heavy atom. The first-order valence-corrected chi connectivity index (χ1v) is 6.45. The predicted molar refractivity (Wildman–Crippen MR) is 77.7 cm³/mol. The van der Waals surface area contributed by atoms with E-state index in [4.69, 9.17) is 5.73 Å². The van der Waals surface area contributed by atoms with E-state index in [0.717, 1.165) is 16.9 Å². The number of pyridine rings is 1. The summed E-state index contributed by atoms with van der Waals surface area (Å²) in [6, 6.07) is 6.89. The van der Waals surface area contributed by atoms with Crippen molar-refractivity contribution in [1.82, 2.24) is 14.5 Å².